The van der Waals surface area contributed by atoms with E-state index in [1.165, 1.54) is 12.1 Å². The lowest BCUT2D eigenvalue weighted by atomic mass is 9.98. The Morgan fingerprint density at radius 1 is 1.16 bits per heavy atom. The van der Waals surface area contributed by atoms with Gasteiger partial charge < -0.3 is 0 Å². The van der Waals surface area contributed by atoms with Gasteiger partial charge in [0.1, 0.15) is 5.82 Å². The van der Waals surface area contributed by atoms with Crippen LogP contribution >= 0.6 is 0 Å². The molecular weight excluding hydrogens is 265 g/mol. The van der Waals surface area contributed by atoms with Crippen LogP contribution in [-0.4, -0.2) is 14.0 Å². The van der Waals surface area contributed by atoms with Gasteiger partial charge in [0.05, 0.1) is 4.90 Å². The summed E-state index contributed by atoms with van der Waals surface area (Å²) in [6.07, 6.45) is 1.39. The highest BCUT2D eigenvalue weighted by atomic mass is 32.2. The Morgan fingerprint density at radius 2 is 1.58 bits per heavy atom. The van der Waals surface area contributed by atoms with E-state index < -0.39 is 21.4 Å². The molecule has 0 aromatic heterocycles. The topological polar surface area (TPSA) is 46.2 Å². The standard InChI is InChI=1S/C14H22FNO2S/c1-6-14(5,7-2)16-19(17,18)13-10(3)8-12(15)9-11(13)4/h8-9,16H,6-7H2,1-5H3. The first-order valence-electron chi connectivity index (χ1n) is 6.46. The molecular formula is C14H22FNO2S. The van der Waals surface area contributed by atoms with E-state index in [0.717, 1.165) is 0 Å². The zero-order valence-electron chi connectivity index (χ0n) is 12.2. The summed E-state index contributed by atoms with van der Waals surface area (Å²) in [5.41, 5.74) is 0.380. The predicted molar refractivity (Wildman–Crippen MR) is 75.2 cm³/mol. The molecule has 108 valence electrons. The fraction of sp³-hybridized carbons (Fsp3) is 0.571. The van der Waals surface area contributed by atoms with Crippen LogP contribution in [-0.2, 0) is 10.0 Å². The third-order valence-electron chi connectivity index (χ3n) is 3.64. The van der Waals surface area contributed by atoms with Crippen LogP contribution in [0.5, 0.6) is 0 Å². The minimum absolute atomic E-state index is 0.182. The SMILES string of the molecule is CCC(C)(CC)NS(=O)(=O)c1c(C)cc(F)cc1C. The van der Waals surface area contributed by atoms with Gasteiger partial charge in [-0.2, -0.15) is 0 Å². The van der Waals surface area contributed by atoms with Crippen molar-refractivity contribution < 1.29 is 12.8 Å². The molecule has 3 nitrogen and oxygen atoms in total. The molecule has 0 bridgehead atoms. The number of nitrogens with one attached hydrogen (secondary N) is 1. The second-order valence-corrected chi connectivity index (χ2v) is 6.86. The molecule has 1 N–H and O–H groups in total. The van der Waals surface area contributed by atoms with Crippen molar-refractivity contribution >= 4 is 10.0 Å². The van der Waals surface area contributed by atoms with Crippen molar-refractivity contribution in [3.63, 3.8) is 0 Å². The van der Waals surface area contributed by atoms with Crippen LogP contribution in [0.2, 0.25) is 0 Å². The highest BCUT2D eigenvalue weighted by Crippen LogP contribution is 2.24. The van der Waals surface area contributed by atoms with E-state index in [1.807, 2.05) is 20.8 Å². The van der Waals surface area contributed by atoms with Crippen molar-refractivity contribution in [2.45, 2.75) is 57.9 Å². The van der Waals surface area contributed by atoms with Gasteiger partial charge in [-0.3, -0.25) is 0 Å². The summed E-state index contributed by atoms with van der Waals surface area (Å²) >= 11 is 0. The smallest absolute Gasteiger partial charge is 0.207 e. The Kier molecular flexibility index (Phi) is 4.74. The van der Waals surface area contributed by atoms with Crippen LogP contribution in [0.4, 0.5) is 4.39 Å². The molecule has 1 rings (SSSR count). The maximum Gasteiger partial charge on any atom is 0.241 e. The predicted octanol–water partition coefficient (Wildman–Crippen LogP) is 3.30. The Hall–Kier alpha value is -0.940. The van der Waals surface area contributed by atoms with Crippen molar-refractivity contribution in [1.82, 2.24) is 4.72 Å². The molecule has 1 aromatic carbocycles. The zero-order chi connectivity index (χ0) is 14.8. The molecule has 0 aliphatic heterocycles. The maximum atomic E-state index is 13.3. The van der Waals surface area contributed by atoms with Crippen LogP contribution < -0.4 is 4.72 Å². The number of sulfonamides is 1. The Morgan fingerprint density at radius 3 is 1.95 bits per heavy atom. The molecule has 0 aliphatic rings. The van der Waals surface area contributed by atoms with Crippen molar-refractivity contribution in [2.24, 2.45) is 0 Å². The van der Waals surface area contributed by atoms with Gasteiger partial charge >= 0.3 is 0 Å². The van der Waals surface area contributed by atoms with Gasteiger partial charge in [0.15, 0.2) is 0 Å². The number of rotatable bonds is 5. The van der Waals surface area contributed by atoms with Crippen LogP contribution in [0.3, 0.4) is 0 Å². The molecule has 5 heteroatoms. The van der Waals surface area contributed by atoms with Crippen LogP contribution in [0.1, 0.15) is 44.7 Å². The second-order valence-electron chi connectivity index (χ2n) is 5.24. The third-order valence-corrected chi connectivity index (χ3v) is 5.58. The highest BCUT2D eigenvalue weighted by molar-refractivity contribution is 7.89. The van der Waals surface area contributed by atoms with Crippen molar-refractivity contribution in [1.29, 1.82) is 0 Å². The summed E-state index contributed by atoms with van der Waals surface area (Å²) in [6, 6.07) is 2.49. The summed E-state index contributed by atoms with van der Waals surface area (Å²) in [5.74, 6) is -0.414. The lowest BCUT2D eigenvalue weighted by Gasteiger charge is -2.28. The van der Waals surface area contributed by atoms with Gasteiger partial charge in [0.25, 0.3) is 0 Å². The van der Waals surface area contributed by atoms with Gasteiger partial charge in [-0.15, -0.1) is 0 Å². The minimum Gasteiger partial charge on any atom is -0.207 e. The van der Waals surface area contributed by atoms with E-state index in [4.69, 9.17) is 0 Å². The molecule has 0 unspecified atom stereocenters. The quantitative estimate of drug-likeness (QED) is 0.903. The third kappa shape index (κ3) is 3.54. The van der Waals surface area contributed by atoms with E-state index in [2.05, 4.69) is 4.72 Å². The van der Waals surface area contributed by atoms with Crippen LogP contribution in [0, 0.1) is 19.7 Å². The highest BCUT2D eigenvalue weighted by Gasteiger charge is 2.29. The fourth-order valence-corrected chi connectivity index (χ4v) is 4.10. The van der Waals surface area contributed by atoms with E-state index in [1.54, 1.807) is 13.8 Å². The molecule has 0 heterocycles. The van der Waals surface area contributed by atoms with Gasteiger partial charge in [-0.05, 0) is 56.9 Å². The van der Waals surface area contributed by atoms with E-state index in [9.17, 15) is 12.8 Å². The molecule has 0 saturated heterocycles. The van der Waals surface area contributed by atoms with E-state index in [0.29, 0.717) is 24.0 Å². The summed E-state index contributed by atoms with van der Waals surface area (Å²) in [7, 11) is -3.64. The van der Waals surface area contributed by atoms with Gasteiger partial charge in [-0.1, -0.05) is 13.8 Å². The molecule has 0 spiro atoms. The minimum atomic E-state index is -3.64. The van der Waals surface area contributed by atoms with Crippen molar-refractivity contribution in [3.05, 3.63) is 29.1 Å². The lowest BCUT2D eigenvalue weighted by Crippen LogP contribution is -2.45. The first-order valence-corrected chi connectivity index (χ1v) is 7.94. The first-order chi connectivity index (χ1) is 8.65. The van der Waals surface area contributed by atoms with E-state index >= 15 is 0 Å². The summed E-state index contributed by atoms with van der Waals surface area (Å²) in [4.78, 5) is 0.182. The monoisotopic (exact) mass is 287 g/mol. The number of halogens is 1. The molecule has 0 atom stereocenters. The number of aryl methyl sites for hydroxylation is 2. The number of hydrogen-bond donors (Lipinski definition) is 1. The summed E-state index contributed by atoms with van der Waals surface area (Å²) in [6.45, 7) is 8.98. The summed E-state index contributed by atoms with van der Waals surface area (Å²) < 4.78 is 41.0. The zero-order valence-corrected chi connectivity index (χ0v) is 13.0. The Balaban J connectivity index is 3.29. The first kappa shape index (κ1) is 16.1. The molecule has 0 saturated carbocycles. The van der Waals surface area contributed by atoms with Crippen molar-refractivity contribution in [3.8, 4) is 0 Å². The normalized spacial score (nSPS) is 12.7. The Labute approximate surface area is 115 Å². The fourth-order valence-electron chi connectivity index (χ4n) is 2.09. The van der Waals surface area contributed by atoms with Crippen LogP contribution in [0.25, 0.3) is 0 Å². The molecule has 1 aromatic rings. The maximum absolute atomic E-state index is 13.3. The molecule has 0 aliphatic carbocycles. The van der Waals surface area contributed by atoms with Crippen molar-refractivity contribution in [2.75, 3.05) is 0 Å². The Bertz CT molecular complexity index is 540. The van der Waals surface area contributed by atoms with Crippen LogP contribution in [0.15, 0.2) is 17.0 Å². The molecule has 0 fully saturated rings. The number of benzene rings is 1. The second kappa shape index (κ2) is 5.59. The average molecular weight is 287 g/mol. The molecule has 0 radical (unpaired) electrons. The number of hydrogen-bond acceptors (Lipinski definition) is 2. The lowest BCUT2D eigenvalue weighted by molar-refractivity contribution is 0.388. The van der Waals surface area contributed by atoms with Gasteiger partial charge in [0, 0.05) is 5.54 Å². The molecule has 19 heavy (non-hydrogen) atoms. The molecule has 0 amide bonds. The van der Waals surface area contributed by atoms with Gasteiger partial charge in [-0.25, -0.2) is 17.5 Å². The van der Waals surface area contributed by atoms with Gasteiger partial charge in [0.2, 0.25) is 10.0 Å². The van der Waals surface area contributed by atoms with E-state index in [-0.39, 0.29) is 4.90 Å². The largest absolute Gasteiger partial charge is 0.241 e. The average Bonchev–Trinajstić information content (AvgIpc) is 2.26. The summed E-state index contributed by atoms with van der Waals surface area (Å²) in [5, 5.41) is 0.